The maximum Gasteiger partial charge on any atom is 0.276 e. The lowest BCUT2D eigenvalue weighted by molar-refractivity contribution is 0.332. The number of aliphatic hydroxyl groups excluding tert-OH is 1. The molecule has 0 heterocycles. The van der Waals surface area contributed by atoms with E-state index < -0.39 is 18.3 Å². The van der Waals surface area contributed by atoms with Gasteiger partial charge in [-0.2, -0.15) is 8.78 Å². The van der Waals surface area contributed by atoms with Crippen LogP contribution in [0.4, 0.5) is 8.78 Å². The molecule has 0 aliphatic carbocycles. The number of para-hydroxylation sites is 1. The molecule has 0 amide bonds. The van der Waals surface area contributed by atoms with Crippen LogP contribution in [0.3, 0.4) is 0 Å². The Morgan fingerprint density at radius 1 is 1.25 bits per heavy atom. The zero-order valence-electron chi connectivity index (χ0n) is 8.96. The third-order valence-corrected chi connectivity index (χ3v) is 2.11. The lowest BCUT2D eigenvalue weighted by Gasteiger charge is -2.13. The van der Waals surface area contributed by atoms with Gasteiger partial charge in [-0.15, -0.1) is 0 Å². The first-order valence-corrected chi connectivity index (χ1v) is 4.52. The largest absolute Gasteiger partial charge is 0.493 e. The summed E-state index contributed by atoms with van der Waals surface area (Å²) in [7, 11) is 2.77. The highest BCUT2D eigenvalue weighted by Gasteiger charge is 2.16. The molecule has 0 bridgehead atoms. The molecule has 1 aromatic rings. The van der Waals surface area contributed by atoms with Crippen LogP contribution >= 0.6 is 0 Å². The van der Waals surface area contributed by atoms with Gasteiger partial charge in [0.2, 0.25) is 0 Å². The number of ether oxygens (including phenoxy) is 2. The number of aliphatic hydroxyl groups is 1. The molecule has 5 heteroatoms. The summed E-state index contributed by atoms with van der Waals surface area (Å²) in [4.78, 5) is 0. The van der Waals surface area contributed by atoms with Crippen molar-refractivity contribution in [2.75, 3.05) is 20.8 Å². The third kappa shape index (κ3) is 2.30. The van der Waals surface area contributed by atoms with Crippen molar-refractivity contribution in [1.29, 1.82) is 0 Å². The molecule has 0 unspecified atom stereocenters. The van der Waals surface area contributed by atoms with Crippen molar-refractivity contribution >= 4 is 5.57 Å². The second-order valence-electron chi connectivity index (χ2n) is 2.94. The number of halogens is 2. The topological polar surface area (TPSA) is 38.7 Å². The fourth-order valence-electron chi connectivity index (χ4n) is 1.37. The van der Waals surface area contributed by atoms with Crippen LogP contribution in [0.25, 0.3) is 5.57 Å². The minimum absolute atomic E-state index is 0.129. The Morgan fingerprint density at radius 2 is 1.94 bits per heavy atom. The zero-order valence-corrected chi connectivity index (χ0v) is 8.96. The van der Waals surface area contributed by atoms with E-state index in [0.717, 1.165) is 0 Å². The molecule has 88 valence electrons. The molecule has 1 rings (SSSR count). The SMILES string of the molecule is COc1cccc(C(CO)=C(F)F)c1OC. The first-order chi connectivity index (χ1) is 7.65. The fraction of sp³-hybridized carbons (Fsp3) is 0.273. The second kappa shape index (κ2) is 5.46. The summed E-state index contributed by atoms with van der Waals surface area (Å²) in [6, 6.07) is 4.58. The van der Waals surface area contributed by atoms with Gasteiger partial charge in [-0.3, -0.25) is 0 Å². The van der Waals surface area contributed by atoms with Gasteiger partial charge in [0.25, 0.3) is 6.08 Å². The zero-order chi connectivity index (χ0) is 12.1. The van der Waals surface area contributed by atoms with Crippen LogP contribution < -0.4 is 9.47 Å². The minimum atomic E-state index is -1.94. The monoisotopic (exact) mass is 230 g/mol. The number of benzene rings is 1. The van der Waals surface area contributed by atoms with E-state index in [-0.39, 0.29) is 11.3 Å². The molecule has 0 saturated carbocycles. The van der Waals surface area contributed by atoms with Crippen molar-refractivity contribution in [2.45, 2.75) is 0 Å². The van der Waals surface area contributed by atoms with Gasteiger partial charge < -0.3 is 14.6 Å². The highest BCUT2D eigenvalue weighted by Crippen LogP contribution is 2.36. The van der Waals surface area contributed by atoms with Crippen LogP contribution in [0.1, 0.15) is 5.56 Å². The van der Waals surface area contributed by atoms with Crippen molar-refractivity contribution in [3.8, 4) is 11.5 Å². The third-order valence-electron chi connectivity index (χ3n) is 2.11. The predicted octanol–water partition coefficient (Wildman–Crippen LogP) is 2.30. The van der Waals surface area contributed by atoms with Gasteiger partial charge in [-0.05, 0) is 6.07 Å². The number of rotatable bonds is 4. The van der Waals surface area contributed by atoms with Gasteiger partial charge in [0.15, 0.2) is 11.5 Å². The van der Waals surface area contributed by atoms with Crippen LogP contribution in [0.15, 0.2) is 24.3 Å². The molecule has 3 nitrogen and oxygen atoms in total. The Labute approximate surface area is 91.9 Å². The quantitative estimate of drug-likeness (QED) is 0.862. The Balaban J connectivity index is 3.38. The molecule has 0 atom stereocenters. The van der Waals surface area contributed by atoms with Gasteiger partial charge >= 0.3 is 0 Å². The summed E-state index contributed by atoms with van der Waals surface area (Å²) in [6.45, 7) is -0.758. The molecule has 0 aliphatic heterocycles. The summed E-state index contributed by atoms with van der Waals surface area (Å²) < 4.78 is 35.1. The number of methoxy groups -OCH3 is 2. The fourth-order valence-corrected chi connectivity index (χ4v) is 1.37. The van der Waals surface area contributed by atoms with Crippen molar-refractivity contribution in [3.63, 3.8) is 0 Å². The molecule has 0 fully saturated rings. The molecule has 0 saturated heterocycles. The average Bonchev–Trinajstić information content (AvgIpc) is 2.29. The maximum atomic E-state index is 12.6. The minimum Gasteiger partial charge on any atom is -0.493 e. The Hall–Kier alpha value is -1.62. The van der Waals surface area contributed by atoms with E-state index in [1.54, 1.807) is 12.1 Å². The van der Waals surface area contributed by atoms with E-state index >= 15 is 0 Å². The molecule has 1 N–H and O–H groups in total. The molecular weight excluding hydrogens is 218 g/mol. The van der Waals surface area contributed by atoms with E-state index in [1.165, 1.54) is 20.3 Å². The predicted molar refractivity (Wildman–Crippen MR) is 55.8 cm³/mol. The van der Waals surface area contributed by atoms with Crippen molar-refractivity contribution in [3.05, 3.63) is 29.8 Å². The van der Waals surface area contributed by atoms with Gasteiger partial charge in [0.1, 0.15) is 0 Å². The normalized spacial score (nSPS) is 9.81. The molecule has 0 spiro atoms. The van der Waals surface area contributed by atoms with E-state index in [2.05, 4.69) is 0 Å². The smallest absolute Gasteiger partial charge is 0.276 e. The summed E-state index contributed by atoms with van der Waals surface area (Å²) in [6.07, 6.45) is -1.94. The van der Waals surface area contributed by atoms with Crippen LogP contribution in [0.5, 0.6) is 11.5 Å². The molecule has 0 aliphatic rings. The van der Waals surface area contributed by atoms with E-state index in [0.29, 0.717) is 5.75 Å². The second-order valence-corrected chi connectivity index (χ2v) is 2.94. The lowest BCUT2D eigenvalue weighted by Crippen LogP contribution is -1.98. The van der Waals surface area contributed by atoms with Gasteiger partial charge in [-0.1, -0.05) is 12.1 Å². The summed E-state index contributed by atoms with van der Waals surface area (Å²) in [5, 5.41) is 8.90. The highest BCUT2D eigenvalue weighted by atomic mass is 19.3. The van der Waals surface area contributed by atoms with Crippen molar-refractivity contribution < 1.29 is 23.4 Å². The molecule has 16 heavy (non-hydrogen) atoms. The maximum absolute atomic E-state index is 12.6. The van der Waals surface area contributed by atoms with Crippen LogP contribution in [-0.2, 0) is 0 Å². The first kappa shape index (κ1) is 12.4. The summed E-state index contributed by atoms with van der Waals surface area (Å²) in [5.74, 6) is 0.522. The molecule has 0 aromatic heterocycles. The van der Waals surface area contributed by atoms with Gasteiger partial charge in [0.05, 0.1) is 26.4 Å². The van der Waals surface area contributed by atoms with E-state index in [9.17, 15) is 8.78 Å². The highest BCUT2D eigenvalue weighted by molar-refractivity contribution is 5.74. The average molecular weight is 230 g/mol. The van der Waals surface area contributed by atoms with Gasteiger partial charge in [-0.25, -0.2) is 0 Å². The Bertz CT molecular complexity index is 398. The molecular formula is C11H12F2O3. The van der Waals surface area contributed by atoms with Crippen LogP contribution in [0, 0.1) is 0 Å². The van der Waals surface area contributed by atoms with E-state index in [4.69, 9.17) is 14.6 Å². The lowest BCUT2D eigenvalue weighted by atomic mass is 10.1. The molecule has 0 radical (unpaired) electrons. The van der Waals surface area contributed by atoms with Gasteiger partial charge in [0, 0.05) is 5.56 Å². The Morgan fingerprint density at radius 3 is 2.38 bits per heavy atom. The van der Waals surface area contributed by atoms with Crippen LogP contribution in [0.2, 0.25) is 0 Å². The molecule has 1 aromatic carbocycles. The Kier molecular flexibility index (Phi) is 4.25. The van der Waals surface area contributed by atoms with E-state index in [1.807, 2.05) is 0 Å². The number of hydrogen-bond donors (Lipinski definition) is 1. The first-order valence-electron chi connectivity index (χ1n) is 4.52. The summed E-state index contributed by atoms with van der Waals surface area (Å²) >= 11 is 0. The standard InChI is InChI=1S/C11H12F2O3/c1-15-9-5-3-4-7(10(9)16-2)8(6-14)11(12)13/h3-5,14H,6H2,1-2H3. The van der Waals surface area contributed by atoms with Crippen molar-refractivity contribution in [1.82, 2.24) is 0 Å². The van der Waals surface area contributed by atoms with Crippen molar-refractivity contribution in [2.24, 2.45) is 0 Å². The summed E-state index contributed by atoms with van der Waals surface area (Å²) in [5.41, 5.74) is -0.333. The number of hydrogen-bond acceptors (Lipinski definition) is 3. The van der Waals surface area contributed by atoms with Crippen LogP contribution in [-0.4, -0.2) is 25.9 Å².